The fourth-order valence-electron chi connectivity index (χ4n) is 3.52. The highest BCUT2D eigenvalue weighted by atomic mass is 19.1. The van der Waals surface area contributed by atoms with Crippen LogP contribution in [0.5, 0.6) is 0 Å². The molecule has 1 fully saturated rings. The van der Waals surface area contributed by atoms with Crippen molar-refractivity contribution in [1.29, 1.82) is 0 Å². The summed E-state index contributed by atoms with van der Waals surface area (Å²) in [5.74, 6) is 0.957. The zero-order chi connectivity index (χ0) is 18.6. The topological polar surface area (TPSA) is 64.2 Å². The fourth-order valence-corrected chi connectivity index (χ4v) is 3.52. The van der Waals surface area contributed by atoms with Crippen LogP contribution in [0.1, 0.15) is 42.5 Å². The van der Waals surface area contributed by atoms with Crippen molar-refractivity contribution in [2.45, 2.75) is 38.3 Å². The summed E-state index contributed by atoms with van der Waals surface area (Å²) in [5.41, 5.74) is 0.827. The van der Waals surface area contributed by atoms with E-state index in [2.05, 4.69) is 10.1 Å². The first kappa shape index (κ1) is 17.5. The van der Waals surface area contributed by atoms with E-state index in [0.717, 1.165) is 24.8 Å². The number of piperidine rings is 1. The standard InChI is InChI=1S/C20H21FN4O2/c21-16-6-3-5-15(11-16)12-17-13-22-20(27-17)18-7-1-2-10-25(18)19(26)14-24-9-4-8-23-24/h3-6,8-9,11,13,18H,1-2,7,10,12,14H2/t18-/m0/s1. The van der Waals surface area contributed by atoms with Crippen molar-refractivity contribution in [1.82, 2.24) is 19.7 Å². The molecule has 27 heavy (non-hydrogen) atoms. The van der Waals surface area contributed by atoms with E-state index in [-0.39, 0.29) is 24.3 Å². The third kappa shape index (κ3) is 4.07. The molecule has 0 bridgehead atoms. The Balaban J connectivity index is 1.48. The van der Waals surface area contributed by atoms with Gasteiger partial charge in [0.2, 0.25) is 11.8 Å². The molecule has 6 nitrogen and oxygen atoms in total. The van der Waals surface area contributed by atoms with Gasteiger partial charge in [0.15, 0.2) is 0 Å². The van der Waals surface area contributed by atoms with Gasteiger partial charge in [-0.3, -0.25) is 9.48 Å². The van der Waals surface area contributed by atoms with Gasteiger partial charge in [-0.25, -0.2) is 9.37 Å². The molecule has 0 saturated carbocycles. The maximum Gasteiger partial charge on any atom is 0.244 e. The van der Waals surface area contributed by atoms with E-state index in [1.165, 1.54) is 12.1 Å². The predicted molar refractivity (Wildman–Crippen MR) is 96.2 cm³/mol. The zero-order valence-electron chi connectivity index (χ0n) is 14.9. The monoisotopic (exact) mass is 368 g/mol. The van der Waals surface area contributed by atoms with Crippen molar-refractivity contribution in [3.05, 3.63) is 72.0 Å². The van der Waals surface area contributed by atoms with Gasteiger partial charge in [-0.1, -0.05) is 12.1 Å². The van der Waals surface area contributed by atoms with Gasteiger partial charge < -0.3 is 9.32 Å². The lowest BCUT2D eigenvalue weighted by Crippen LogP contribution is -2.40. The van der Waals surface area contributed by atoms with Crippen LogP contribution in [0.2, 0.25) is 0 Å². The average molecular weight is 368 g/mol. The van der Waals surface area contributed by atoms with Crippen LogP contribution < -0.4 is 0 Å². The third-order valence-electron chi connectivity index (χ3n) is 4.80. The minimum absolute atomic E-state index is 0.00767. The van der Waals surface area contributed by atoms with Gasteiger partial charge in [0.05, 0.1) is 6.20 Å². The number of rotatable bonds is 5. The molecular weight excluding hydrogens is 347 g/mol. The minimum Gasteiger partial charge on any atom is -0.443 e. The number of aromatic nitrogens is 3. The number of amides is 1. The van der Waals surface area contributed by atoms with E-state index in [1.807, 2.05) is 11.0 Å². The molecule has 1 atom stereocenters. The molecule has 0 radical (unpaired) electrons. The molecule has 7 heteroatoms. The molecule has 3 aromatic rings. The second-order valence-electron chi connectivity index (χ2n) is 6.77. The van der Waals surface area contributed by atoms with Gasteiger partial charge in [-0.15, -0.1) is 0 Å². The normalized spacial score (nSPS) is 17.2. The first-order valence-corrected chi connectivity index (χ1v) is 9.15. The molecule has 1 aliphatic rings. The fraction of sp³-hybridized carbons (Fsp3) is 0.350. The van der Waals surface area contributed by atoms with Crippen molar-refractivity contribution in [2.75, 3.05) is 6.54 Å². The van der Waals surface area contributed by atoms with E-state index < -0.39 is 0 Å². The van der Waals surface area contributed by atoms with E-state index in [0.29, 0.717) is 24.6 Å². The number of oxazole rings is 1. The van der Waals surface area contributed by atoms with Crippen LogP contribution >= 0.6 is 0 Å². The lowest BCUT2D eigenvalue weighted by Gasteiger charge is -2.33. The molecule has 3 heterocycles. The Bertz CT molecular complexity index is 906. The lowest BCUT2D eigenvalue weighted by molar-refractivity contribution is -0.136. The van der Waals surface area contributed by atoms with Crippen LogP contribution in [0.4, 0.5) is 4.39 Å². The minimum atomic E-state index is -0.269. The average Bonchev–Trinajstić information content (AvgIpc) is 3.34. The van der Waals surface area contributed by atoms with Crippen LogP contribution in [-0.4, -0.2) is 32.1 Å². The number of carbonyl (C=O) groups is 1. The number of likely N-dealkylation sites (tertiary alicyclic amines) is 1. The number of nitrogens with zero attached hydrogens (tertiary/aromatic N) is 4. The smallest absolute Gasteiger partial charge is 0.244 e. The van der Waals surface area contributed by atoms with Crippen LogP contribution in [0.3, 0.4) is 0 Å². The molecular formula is C20H21FN4O2. The van der Waals surface area contributed by atoms with E-state index >= 15 is 0 Å². The summed E-state index contributed by atoms with van der Waals surface area (Å²) in [5, 5.41) is 4.11. The third-order valence-corrected chi connectivity index (χ3v) is 4.80. The van der Waals surface area contributed by atoms with Gasteiger partial charge in [0.1, 0.15) is 24.2 Å². The molecule has 1 aliphatic heterocycles. The Labute approximate surface area is 156 Å². The molecule has 1 aromatic carbocycles. The van der Waals surface area contributed by atoms with Gasteiger partial charge in [0, 0.05) is 25.4 Å². The zero-order valence-corrected chi connectivity index (χ0v) is 14.9. The Hall–Kier alpha value is -2.96. The first-order valence-electron chi connectivity index (χ1n) is 9.15. The summed E-state index contributed by atoms with van der Waals surface area (Å²) in [7, 11) is 0. The highest BCUT2D eigenvalue weighted by Crippen LogP contribution is 2.31. The summed E-state index contributed by atoms with van der Waals surface area (Å²) < 4.78 is 20.9. The van der Waals surface area contributed by atoms with Crippen LogP contribution in [0.25, 0.3) is 0 Å². The molecule has 1 saturated heterocycles. The van der Waals surface area contributed by atoms with Crippen molar-refractivity contribution in [3.8, 4) is 0 Å². The van der Waals surface area contributed by atoms with Crippen molar-refractivity contribution in [2.24, 2.45) is 0 Å². The van der Waals surface area contributed by atoms with Gasteiger partial charge in [-0.05, 0) is 43.0 Å². The summed E-state index contributed by atoms with van der Waals surface area (Å²) in [6.45, 7) is 0.896. The summed E-state index contributed by atoms with van der Waals surface area (Å²) in [6, 6.07) is 8.07. The van der Waals surface area contributed by atoms with Crippen LogP contribution in [-0.2, 0) is 17.8 Å². The molecule has 140 valence electrons. The van der Waals surface area contributed by atoms with Crippen LogP contribution in [0.15, 0.2) is 53.3 Å². The second-order valence-corrected chi connectivity index (χ2v) is 6.77. The van der Waals surface area contributed by atoms with Crippen molar-refractivity contribution < 1.29 is 13.6 Å². The van der Waals surface area contributed by atoms with Crippen LogP contribution in [0, 0.1) is 5.82 Å². The predicted octanol–water partition coefficient (Wildman–Crippen LogP) is 3.35. The largest absolute Gasteiger partial charge is 0.443 e. The molecule has 0 spiro atoms. The van der Waals surface area contributed by atoms with Gasteiger partial charge in [-0.2, -0.15) is 5.10 Å². The maximum atomic E-state index is 13.4. The van der Waals surface area contributed by atoms with E-state index in [1.54, 1.807) is 35.4 Å². The molecule has 4 rings (SSSR count). The number of halogens is 1. The van der Waals surface area contributed by atoms with Gasteiger partial charge in [0.25, 0.3) is 0 Å². The molecule has 2 aromatic heterocycles. The summed E-state index contributed by atoms with van der Waals surface area (Å²) in [6.07, 6.45) is 8.40. The number of benzene rings is 1. The van der Waals surface area contributed by atoms with Crippen molar-refractivity contribution >= 4 is 5.91 Å². The molecule has 0 N–H and O–H groups in total. The quantitative estimate of drug-likeness (QED) is 0.693. The highest BCUT2D eigenvalue weighted by Gasteiger charge is 2.31. The molecule has 0 aliphatic carbocycles. The summed E-state index contributed by atoms with van der Waals surface area (Å²) >= 11 is 0. The molecule has 1 amide bonds. The van der Waals surface area contributed by atoms with E-state index in [9.17, 15) is 9.18 Å². The number of carbonyl (C=O) groups excluding carboxylic acids is 1. The number of hydrogen-bond donors (Lipinski definition) is 0. The second kappa shape index (κ2) is 7.73. The van der Waals surface area contributed by atoms with E-state index in [4.69, 9.17) is 4.42 Å². The number of hydrogen-bond acceptors (Lipinski definition) is 4. The Kier molecular flexibility index (Phi) is 5.00. The SMILES string of the molecule is O=C(Cn1cccn1)N1CCCC[C@H]1c1ncc(Cc2cccc(F)c2)o1. The maximum absolute atomic E-state index is 13.4. The first-order chi connectivity index (χ1) is 13.2. The Morgan fingerprint density at radius 2 is 2.22 bits per heavy atom. The lowest BCUT2D eigenvalue weighted by atomic mass is 10.0. The van der Waals surface area contributed by atoms with Crippen molar-refractivity contribution in [3.63, 3.8) is 0 Å². The van der Waals surface area contributed by atoms with Gasteiger partial charge >= 0.3 is 0 Å². The Morgan fingerprint density at radius 1 is 1.30 bits per heavy atom. The summed E-state index contributed by atoms with van der Waals surface area (Å²) in [4.78, 5) is 19.0. The molecule has 0 unspecified atom stereocenters. The Morgan fingerprint density at radius 3 is 3.04 bits per heavy atom. The highest BCUT2D eigenvalue weighted by molar-refractivity contribution is 5.76.